The summed E-state index contributed by atoms with van der Waals surface area (Å²) in [6.45, 7) is 0. The maximum absolute atomic E-state index is 13.3. The van der Waals surface area contributed by atoms with Crippen molar-refractivity contribution in [3.63, 3.8) is 0 Å². The zero-order chi connectivity index (χ0) is 18.1. The van der Waals surface area contributed by atoms with Crippen LogP contribution in [0, 0.1) is 5.82 Å². The molecule has 0 aliphatic rings. The number of benzene rings is 2. The number of nitrogens with zero attached hydrogens (tertiary/aromatic N) is 2. The normalized spacial score (nSPS) is 10.8. The minimum atomic E-state index is -0.338. The molecule has 1 N–H and O–H groups in total. The van der Waals surface area contributed by atoms with Crippen LogP contribution >= 0.6 is 11.6 Å². The molecule has 0 radical (unpaired) electrons. The van der Waals surface area contributed by atoms with Crippen molar-refractivity contribution in [1.82, 2.24) is 9.38 Å². The fraction of sp³-hybridized carbons (Fsp3) is 0. The minimum Gasteiger partial charge on any atom is -0.306 e. The molecule has 26 heavy (non-hydrogen) atoms. The summed E-state index contributed by atoms with van der Waals surface area (Å²) in [5.41, 5.74) is 2.37. The highest BCUT2D eigenvalue weighted by Gasteiger charge is 2.17. The van der Waals surface area contributed by atoms with Crippen LogP contribution in [0.3, 0.4) is 0 Å². The Morgan fingerprint density at radius 1 is 1.00 bits per heavy atom. The fourth-order valence-corrected chi connectivity index (χ4v) is 2.88. The molecule has 1 amide bonds. The standard InChI is InChI=1S/C20H13ClFN3O/c21-15-8-11-17-23-18(13-6-9-16(22)10-7-13)19(25(17)12-15)24-20(26)14-4-2-1-3-5-14/h1-12H,(H,24,26). The maximum Gasteiger partial charge on any atom is 0.256 e. The third kappa shape index (κ3) is 3.05. The van der Waals surface area contributed by atoms with Crippen molar-refractivity contribution in [2.24, 2.45) is 0 Å². The Morgan fingerprint density at radius 3 is 2.46 bits per heavy atom. The molecular weight excluding hydrogens is 353 g/mol. The van der Waals surface area contributed by atoms with Crippen molar-refractivity contribution >= 4 is 29.0 Å². The Balaban J connectivity index is 1.85. The first-order valence-corrected chi connectivity index (χ1v) is 8.29. The second-order valence-corrected chi connectivity index (χ2v) is 6.15. The molecule has 6 heteroatoms. The van der Waals surface area contributed by atoms with Gasteiger partial charge in [-0.2, -0.15) is 0 Å². The van der Waals surface area contributed by atoms with Gasteiger partial charge in [0.25, 0.3) is 5.91 Å². The number of hydrogen-bond donors (Lipinski definition) is 1. The number of carbonyl (C=O) groups is 1. The number of rotatable bonds is 3. The van der Waals surface area contributed by atoms with E-state index in [-0.39, 0.29) is 11.7 Å². The van der Waals surface area contributed by atoms with Crippen molar-refractivity contribution in [3.8, 4) is 11.3 Å². The van der Waals surface area contributed by atoms with Gasteiger partial charge in [0.05, 0.1) is 5.02 Å². The molecule has 0 unspecified atom stereocenters. The van der Waals surface area contributed by atoms with Crippen molar-refractivity contribution in [2.75, 3.05) is 5.32 Å². The molecule has 2 heterocycles. The summed E-state index contributed by atoms with van der Waals surface area (Å²) in [6.07, 6.45) is 1.68. The predicted molar refractivity (Wildman–Crippen MR) is 100.0 cm³/mol. The number of imidazole rings is 1. The molecule has 2 aromatic carbocycles. The number of carbonyl (C=O) groups excluding carboxylic acids is 1. The third-order valence-electron chi connectivity index (χ3n) is 3.97. The molecule has 4 rings (SSSR count). The Bertz CT molecular complexity index is 1090. The highest BCUT2D eigenvalue weighted by atomic mass is 35.5. The Hall–Kier alpha value is -3.18. The predicted octanol–water partition coefficient (Wildman–Crippen LogP) is 5.05. The summed E-state index contributed by atoms with van der Waals surface area (Å²) in [5.74, 6) is -0.130. The van der Waals surface area contributed by atoms with Gasteiger partial charge < -0.3 is 5.32 Å². The summed E-state index contributed by atoms with van der Waals surface area (Å²) >= 11 is 6.11. The second kappa shape index (κ2) is 6.61. The summed E-state index contributed by atoms with van der Waals surface area (Å²) in [7, 11) is 0. The highest BCUT2D eigenvalue weighted by molar-refractivity contribution is 6.30. The number of aromatic nitrogens is 2. The topological polar surface area (TPSA) is 46.4 Å². The van der Waals surface area contributed by atoms with Crippen molar-refractivity contribution in [1.29, 1.82) is 0 Å². The van der Waals surface area contributed by atoms with Gasteiger partial charge in [-0.1, -0.05) is 29.8 Å². The molecule has 4 aromatic rings. The molecular formula is C20H13ClFN3O. The van der Waals surface area contributed by atoms with E-state index in [2.05, 4.69) is 10.3 Å². The third-order valence-corrected chi connectivity index (χ3v) is 4.19. The number of amides is 1. The molecule has 128 valence electrons. The SMILES string of the molecule is O=C(Nc1c(-c2ccc(F)cc2)nc2ccc(Cl)cn12)c1ccccc1. The molecule has 0 saturated heterocycles. The first kappa shape index (κ1) is 16.3. The van der Waals surface area contributed by atoms with E-state index < -0.39 is 0 Å². The Labute approximate surface area is 153 Å². The number of halogens is 2. The van der Waals surface area contributed by atoms with Crippen LogP contribution in [0.5, 0.6) is 0 Å². The zero-order valence-corrected chi connectivity index (χ0v) is 14.2. The van der Waals surface area contributed by atoms with E-state index in [9.17, 15) is 9.18 Å². The van der Waals surface area contributed by atoms with Crippen LogP contribution in [0.2, 0.25) is 5.02 Å². The largest absolute Gasteiger partial charge is 0.306 e. The van der Waals surface area contributed by atoms with E-state index >= 15 is 0 Å². The number of nitrogens with one attached hydrogen (secondary N) is 1. The molecule has 0 aliphatic heterocycles. The summed E-state index contributed by atoms with van der Waals surface area (Å²) in [4.78, 5) is 17.2. The average molecular weight is 366 g/mol. The first-order chi connectivity index (χ1) is 12.6. The molecule has 4 nitrogen and oxygen atoms in total. The lowest BCUT2D eigenvalue weighted by Crippen LogP contribution is -2.13. The molecule has 0 atom stereocenters. The Kier molecular flexibility index (Phi) is 4.14. The number of hydrogen-bond acceptors (Lipinski definition) is 2. The van der Waals surface area contributed by atoms with Gasteiger partial charge in [0.2, 0.25) is 0 Å². The lowest BCUT2D eigenvalue weighted by atomic mass is 10.1. The second-order valence-electron chi connectivity index (χ2n) is 5.71. The fourth-order valence-electron chi connectivity index (χ4n) is 2.72. The van der Waals surface area contributed by atoms with E-state index in [1.807, 2.05) is 6.07 Å². The van der Waals surface area contributed by atoms with Crippen molar-refractivity contribution in [3.05, 3.63) is 89.3 Å². The van der Waals surface area contributed by atoms with Crippen molar-refractivity contribution < 1.29 is 9.18 Å². The summed E-state index contributed by atoms with van der Waals surface area (Å²) < 4.78 is 15.0. The first-order valence-electron chi connectivity index (χ1n) is 7.92. The molecule has 0 fully saturated rings. The average Bonchev–Trinajstić information content (AvgIpc) is 3.01. The van der Waals surface area contributed by atoms with Gasteiger partial charge in [-0.05, 0) is 48.5 Å². The van der Waals surface area contributed by atoms with E-state index in [0.29, 0.717) is 33.3 Å². The van der Waals surface area contributed by atoms with Gasteiger partial charge in [-0.25, -0.2) is 9.37 Å². The van der Waals surface area contributed by atoms with Crippen LogP contribution in [0.25, 0.3) is 16.9 Å². The molecule has 0 spiro atoms. The maximum atomic E-state index is 13.3. The molecule has 0 bridgehead atoms. The van der Waals surface area contributed by atoms with Gasteiger partial charge in [0.15, 0.2) is 0 Å². The molecule has 2 aromatic heterocycles. The van der Waals surface area contributed by atoms with Crippen LogP contribution in [-0.4, -0.2) is 15.3 Å². The summed E-state index contributed by atoms with van der Waals surface area (Å²) in [6, 6.07) is 18.3. The van der Waals surface area contributed by atoms with Crippen LogP contribution in [0.4, 0.5) is 10.2 Å². The number of fused-ring (bicyclic) bond motifs is 1. The van der Waals surface area contributed by atoms with Gasteiger partial charge in [0, 0.05) is 17.3 Å². The highest BCUT2D eigenvalue weighted by Crippen LogP contribution is 2.30. The van der Waals surface area contributed by atoms with E-state index in [1.165, 1.54) is 12.1 Å². The van der Waals surface area contributed by atoms with E-state index in [0.717, 1.165) is 0 Å². The van der Waals surface area contributed by atoms with Crippen LogP contribution in [0.1, 0.15) is 10.4 Å². The summed E-state index contributed by atoms with van der Waals surface area (Å²) in [5, 5.41) is 3.41. The van der Waals surface area contributed by atoms with Crippen LogP contribution in [0.15, 0.2) is 72.9 Å². The van der Waals surface area contributed by atoms with Crippen LogP contribution in [-0.2, 0) is 0 Å². The Morgan fingerprint density at radius 2 is 1.73 bits per heavy atom. The van der Waals surface area contributed by atoms with Gasteiger partial charge in [-0.3, -0.25) is 9.20 Å². The van der Waals surface area contributed by atoms with Crippen LogP contribution < -0.4 is 5.32 Å². The quantitative estimate of drug-likeness (QED) is 0.552. The monoisotopic (exact) mass is 365 g/mol. The molecule has 0 saturated carbocycles. The lowest BCUT2D eigenvalue weighted by Gasteiger charge is -2.08. The zero-order valence-electron chi connectivity index (χ0n) is 13.5. The van der Waals surface area contributed by atoms with Crippen molar-refractivity contribution in [2.45, 2.75) is 0 Å². The minimum absolute atomic E-state index is 0.268. The number of pyridine rings is 1. The number of anilines is 1. The smallest absolute Gasteiger partial charge is 0.256 e. The van der Waals surface area contributed by atoms with Gasteiger partial charge in [-0.15, -0.1) is 0 Å². The lowest BCUT2D eigenvalue weighted by molar-refractivity contribution is 0.102. The van der Waals surface area contributed by atoms with E-state index in [1.54, 1.807) is 59.1 Å². The molecule has 0 aliphatic carbocycles. The van der Waals surface area contributed by atoms with Gasteiger partial charge in [0.1, 0.15) is 23.0 Å². The van der Waals surface area contributed by atoms with E-state index in [4.69, 9.17) is 11.6 Å². The van der Waals surface area contributed by atoms with Gasteiger partial charge >= 0.3 is 0 Å².